The molecule has 0 fully saturated rings. The van der Waals surface area contributed by atoms with E-state index < -0.39 is 0 Å². The van der Waals surface area contributed by atoms with Gasteiger partial charge in [0.15, 0.2) is 0 Å². The SMILES string of the molecule is COC(=O)c1ccc(Cn2c3ccccc3c3cc(C#N)ccc32)cc1. The van der Waals surface area contributed by atoms with Crippen molar-refractivity contribution in [1.82, 2.24) is 4.57 Å². The first kappa shape index (κ1) is 15.9. The second-order valence-electron chi connectivity index (χ2n) is 6.14. The van der Waals surface area contributed by atoms with Crippen molar-refractivity contribution in [2.45, 2.75) is 6.54 Å². The minimum atomic E-state index is -0.336. The number of carbonyl (C=O) groups is 1. The van der Waals surface area contributed by atoms with Gasteiger partial charge in [-0.2, -0.15) is 5.26 Å². The quantitative estimate of drug-likeness (QED) is 0.516. The van der Waals surface area contributed by atoms with Gasteiger partial charge in [-0.3, -0.25) is 0 Å². The molecule has 4 aromatic rings. The van der Waals surface area contributed by atoms with Crippen LogP contribution in [0.2, 0.25) is 0 Å². The Kier molecular flexibility index (Phi) is 3.91. The Balaban J connectivity index is 1.83. The molecule has 1 heterocycles. The van der Waals surface area contributed by atoms with Crippen LogP contribution in [0.5, 0.6) is 0 Å². The van der Waals surface area contributed by atoms with E-state index in [9.17, 15) is 10.1 Å². The number of nitrogens with zero attached hydrogens (tertiary/aromatic N) is 2. The van der Waals surface area contributed by atoms with Gasteiger partial charge in [-0.15, -0.1) is 0 Å². The van der Waals surface area contributed by atoms with Gasteiger partial charge >= 0.3 is 5.97 Å². The summed E-state index contributed by atoms with van der Waals surface area (Å²) in [5.74, 6) is -0.336. The summed E-state index contributed by atoms with van der Waals surface area (Å²) >= 11 is 0. The van der Waals surface area contributed by atoms with Crippen molar-refractivity contribution in [2.24, 2.45) is 0 Å². The van der Waals surface area contributed by atoms with Crippen LogP contribution in [0.3, 0.4) is 0 Å². The zero-order chi connectivity index (χ0) is 18.1. The predicted molar refractivity (Wildman–Crippen MR) is 101 cm³/mol. The maximum absolute atomic E-state index is 11.6. The van der Waals surface area contributed by atoms with E-state index in [1.165, 1.54) is 7.11 Å². The second kappa shape index (κ2) is 6.38. The maximum atomic E-state index is 11.6. The predicted octanol–water partition coefficient (Wildman–Crippen LogP) is 4.50. The van der Waals surface area contributed by atoms with Gasteiger partial charge in [-0.05, 0) is 42.0 Å². The molecule has 4 rings (SSSR count). The number of esters is 1. The Morgan fingerprint density at radius 3 is 2.46 bits per heavy atom. The molecule has 26 heavy (non-hydrogen) atoms. The molecule has 0 aliphatic heterocycles. The lowest BCUT2D eigenvalue weighted by molar-refractivity contribution is 0.0600. The fourth-order valence-corrected chi connectivity index (χ4v) is 3.34. The fraction of sp³-hybridized carbons (Fsp3) is 0.0909. The van der Waals surface area contributed by atoms with Crippen molar-refractivity contribution in [3.8, 4) is 6.07 Å². The van der Waals surface area contributed by atoms with Gasteiger partial charge in [-0.1, -0.05) is 30.3 Å². The monoisotopic (exact) mass is 340 g/mol. The number of methoxy groups -OCH3 is 1. The van der Waals surface area contributed by atoms with Crippen LogP contribution in [-0.4, -0.2) is 17.6 Å². The summed E-state index contributed by atoms with van der Waals surface area (Å²) in [7, 11) is 1.38. The highest BCUT2D eigenvalue weighted by Gasteiger charge is 2.12. The van der Waals surface area contributed by atoms with Crippen LogP contribution < -0.4 is 0 Å². The van der Waals surface area contributed by atoms with Crippen LogP contribution in [0.4, 0.5) is 0 Å². The lowest BCUT2D eigenvalue weighted by Gasteiger charge is -2.08. The molecule has 1 aromatic heterocycles. The average Bonchev–Trinajstić information content (AvgIpc) is 3.01. The summed E-state index contributed by atoms with van der Waals surface area (Å²) in [6.45, 7) is 0.678. The molecule has 0 N–H and O–H groups in total. The number of nitriles is 1. The van der Waals surface area contributed by atoms with Crippen LogP contribution in [-0.2, 0) is 11.3 Å². The van der Waals surface area contributed by atoms with Gasteiger partial charge in [0, 0.05) is 28.4 Å². The number of fused-ring (bicyclic) bond motifs is 3. The second-order valence-corrected chi connectivity index (χ2v) is 6.14. The summed E-state index contributed by atoms with van der Waals surface area (Å²) in [4.78, 5) is 11.6. The number of hydrogen-bond acceptors (Lipinski definition) is 3. The molecule has 0 spiro atoms. The van der Waals surface area contributed by atoms with Crippen molar-refractivity contribution in [3.63, 3.8) is 0 Å². The molecule has 0 saturated heterocycles. The number of aromatic nitrogens is 1. The summed E-state index contributed by atoms with van der Waals surface area (Å²) in [6.07, 6.45) is 0. The molecule has 0 aliphatic rings. The van der Waals surface area contributed by atoms with Gasteiger partial charge in [0.1, 0.15) is 0 Å². The minimum absolute atomic E-state index is 0.336. The Labute approximate surface area is 150 Å². The Bertz CT molecular complexity index is 1160. The molecule has 4 nitrogen and oxygen atoms in total. The number of ether oxygens (including phenoxy) is 1. The normalized spacial score (nSPS) is 10.8. The minimum Gasteiger partial charge on any atom is -0.465 e. The first-order valence-electron chi connectivity index (χ1n) is 8.29. The van der Waals surface area contributed by atoms with Crippen molar-refractivity contribution < 1.29 is 9.53 Å². The Morgan fingerprint density at radius 2 is 1.73 bits per heavy atom. The maximum Gasteiger partial charge on any atom is 0.337 e. The van der Waals surface area contributed by atoms with E-state index in [0.29, 0.717) is 17.7 Å². The highest BCUT2D eigenvalue weighted by Crippen LogP contribution is 2.30. The summed E-state index contributed by atoms with van der Waals surface area (Å²) in [6, 6.07) is 23.6. The lowest BCUT2D eigenvalue weighted by Crippen LogP contribution is -2.03. The van der Waals surface area contributed by atoms with E-state index in [1.54, 1.807) is 12.1 Å². The third kappa shape index (κ3) is 2.60. The van der Waals surface area contributed by atoms with Gasteiger partial charge in [0.05, 0.1) is 24.3 Å². The summed E-state index contributed by atoms with van der Waals surface area (Å²) in [5, 5.41) is 11.4. The molecular formula is C22H16N2O2. The highest BCUT2D eigenvalue weighted by molar-refractivity contribution is 6.08. The Morgan fingerprint density at radius 1 is 1.00 bits per heavy atom. The third-order valence-corrected chi connectivity index (χ3v) is 4.62. The van der Waals surface area contributed by atoms with E-state index >= 15 is 0 Å². The number of carbonyl (C=O) groups excluding carboxylic acids is 1. The zero-order valence-corrected chi connectivity index (χ0v) is 14.3. The van der Waals surface area contributed by atoms with Gasteiger partial charge in [0.2, 0.25) is 0 Å². The van der Waals surface area contributed by atoms with Crippen LogP contribution in [0, 0.1) is 11.3 Å². The lowest BCUT2D eigenvalue weighted by atomic mass is 10.1. The zero-order valence-electron chi connectivity index (χ0n) is 14.3. The first-order chi connectivity index (χ1) is 12.7. The molecule has 0 radical (unpaired) electrons. The van der Waals surface area contributed by atoms with Crippen molar-refractivity contribution in [2.75, 3.05) is 7.11 Å². The van der Waals surface area contributed by atoms with Crippen LogP contribution in [0.1, 0.15) is 21.5 Å². The molecule has 4 heteroatoms. The molecule has 0 atom stereocenters. The van der Waals surface area contributed by atoms with Crippen molar-refractivity contribution in [1.29, 1.82) is 5.26 Å². The molecular weight excluding hydrogens is 324 g/mol. The molecule has 0 bridgehead atoms. The van der Waals surface area contributed by atoms with Gasteiger partial charge in [-0.25, -0.2) is 4.79 Å². The van der Waals surface area contributed by atoms with Crippen LogP contribution >= 0.6 is 0 Å². The number of benzene rings is 3. The topological polar surface area (TPSA) is 55.0 Å². The fourth-order valence-electron chi connectivity index (χ4n) is 3.34. The van der Waals surface area contributed by atoms with E-state index in [-0.39, 0.29) is 5.97 Å². The van der Waals surface area contributed by atoms with Crippen molar-refractivity contribution in [3.05, 3.63) is 83.4 Å². The molecule has 3 aromatic carbocycles. The van der Waals surface area contributed by atoms with Crippen molar-refractivity contribution >= 4 is 27.8 Å². The van der Waals surface area contributed by atoms with E-state index in [4.69, 9.17) is 4.74 Å². The van der Waals surface area contributed by atoms with Crippen LogP contribution in [0.25, 0.3) is 21.8 Å². The largest absolute Gasteiger partial charge is 0.465 e. The molecule has 0 unspecified atom stereocenters. The van der Waals surface area contributed by atoms with Crippen LogP contribution in [0.15, 0.2) is 66.7 Å². The average molecular weight is 340 g/mol. The summed E-state index contributed by atoms with van der Waals surface area (Å²) in [5.41, 5.74) is 4.49. The van der Waals surface area contributed by atoms with E-state index in [0.717, 1.165) is 27.4 Å². The number of hydrogen-bond donors (Lipinski definition) is 0. The van der Waals surface area contributed by atoms with Gasteiger partial charge in [0.25, 0.3) is 0 Å². The standard InChI is InChI=1S/C22H16N2O2/c1-26-22(25)17-9-6-15(7-10-17)14-24-20-5-3-2-4-18(20)19-12-16(13-23)8-11-21(19)24/h2-12H,14H2,1H3. The summed E-state index contributed by atoms with van der Waals surface area (Å²) < 4.78 is 6.98. The molecule has 0 saturated carbocycles. The van der Waals surface area contributed by atoms with E-state index in [2.05, 4.69) is 22.8 Å². The first-order valence-corrected chi connectivity index (χ1v) is 8.29. The molecule has 126 valence electrons. The highest BCUT2D eigenvalue weighted by atomic mass is 16.5. The Hall–Kier alpha value is -3.58. The van der Waals surface area contributed by atoms with E-state index in [1.807, 2.05) is 42.5 Å². The third-order valence-electron chi connectivity index (χ3n) is 4.62. The van der Waals surface area contributed by atoms with Gasteiger partial charge < -0.3 is 9.30 Å². The molecule has 0 aliphatic carbocycles. The number of para-hydroxylation sites is 1. The number of rotatable bonds is 3. The molecule has 0 amide bonds. The smallest absolute Gasteiger partial charge is 0.337 e.